The van der Waals surface area contributed by atoms with Crippen LogP contribution in [0.15, 0.2) is 0 Å². The van der Waals surface area contributed by atoms with Crippen molar-refractivity contribution >= 4 is 23.9 Å². The van der Waals surface area contributed by atoms with Crippen LogP contribution in [0.1, 0.15) is 59.8 Å². The summed E-state index contributed by atoms with van der Waals surface area (Å²) in [5.74, 6) is -2.36. The molecule has 0 aromatic rings. The van der Waals surface area contributed by atoms with Gasteiger partial charge in [0.25, 0.3) is 0 Å². The van der Waals surface area contributed by atoms with Gasteiger partial charge in [0.05, 0.1) is 0 Å². The number of ether oxygens (including phenoxy) is 5. The van der Waals surface area contributed by atoms with Crippen molar-refractivity contribution in [1.82, 2.24) is 5.32 Å². The van der Waals surface area contributed by atoms with Gasteiger partial charge < -0.3 is 29.0 Å². The summed E-state index contributed by atoms with van der Waals surface area (Å²) in [5, 5.41) is 3.38. The minimum atomic E-state index is -1.12. The second-order valence-corrected chi connectivity index (χ2v) is 7.63. The SMILES string of the molecule is CC(=O)OC[C@H]1OC(OC(C)=O)[C@H](NC2CCCCC2)[C@@H](OC(C)=O)[C@@H]1OC(C)=O. The molecule has 1 aliphatic carbocycles. The van der Waals surface area contributed by atoms with Gasteiger partial charge in [-0.2, -0.15) is 0 Å². The van der Waals surface area contributed by atoms with Crippen LogP contribution in [-0.2, 0) is 42.9 Å². The van der Waals surface area contributed by atoms with E-state index in [-0.39, 0.29) is 12.6 Å². The Hall–Kier alpha value is -2.20. The summed E-state index contributed by atoms with van der Waals surface area (Å²) < 4.78 is 27.2. The molecule has 2 aliphatic rings. The zero-order valence-electron chi connectivity index (χ0n) is 17.9. The summed E-state index contributed by atoms with van der Waals surface area (Å²) >= 11 is 0. The van der Waals surface area contributed by atoms with E-state index in [9.17, 15) is 19.2 Å². The van der Waals surface area contributed by atoms with Gasteiger partial charge in [-0.3, -0.25) is 19.2 Å². The van der Waals surface area contributed by atoms with Crippen molar-refractivity contribution in [3.05, 3.63) is 0 Å². The van der Waals surface area contributed by atoms with Crippen LogP contribution >= 0.6 is 0 Å². The Morgan fingerprint density at radius 2 is 1.37 bits per heavy atom. The lowest BCUT2D eigenvalue weighted by Crippen LogP contribution is -2.67. The molecule has 0 amide bonds. The Balaban J connectivity index is 2.35. The van der Waals surface area contributed by atoms with Crippen molar-refractivity contribution in [2.24, 2.45) is 0 Å². The number of rotatable bonds is 7. The molecule has 2 fully saturated rings. The number of hydrogen-bond acceptors (Lipinski definition) is 10. The maximum absolute atomic E-state index is 11.9. The smallest absolute Gasteiger partial charge is 0.304 e. The maximum atomic E-state index is 11.9. The van der Waals surface area contributed by atoms with Crippen LogP contribution in [0.25, 0.3) is 0 Å². The van der Waals surface area contributed by atoms with E-state index in [0.717, 1.165) is 32.1 Å². The quantitative estimate of drug-likeness (QED) is 0.462. The highest BCUT2D eigenvalue weighted by Gasteiger charge is 2.52. The molecule has 0 aromatic heterocycles. The first-order valence-electron chi connectivity index (χ1n) is 10.2. The van der Waals surface area contributed by atoms with E-state index in [4.69, 9.17) is 23.7 Å². The highest BCUT2D eigenvalue weighted by molar-refractivity contribution is 5.68. The average Bonchev–Trinajstić information content (AvgIpc) is 2.64. The Bertz CT molecular complexity index is 632. The molecule has 1 unspecified atom stereocenters. The van der Waals surface area contributed by atoms with Crippen LogP contribution < -0.4 is 5.32 Å². The largest absolute Gasteiger partial charge is 0.463 e. The van der Waals surface area contributed by atoms with Crippen LogP contribution in [0.4, 0.5) is 0 Å². The van der Waals surface area contributed by atoms with Gasteiger partial charge >= 0.3 is 23.9 Å². The molecule has 1 saturated heterocycles. The zero-order valence-corrected chi connectivity index (χ0v) is 17.9. The maximum Gasteiger partial charge on any atom is 0.304 e. The summed E-state index contributed by atoms with van der Waals surface area (Å²) in [6.07, 6.45) is 0.869. The molecule has 170 valence electrons. The van der Waals surface area contributed by atoms with Gasteiger partial charge in [0.1, 0.15) is 18.8 Å². The molecule has 10 heteroatoms. The van der Waals surface area contributed by atoms with E-state index < -0.39 is 54.5 Å². The average molecular weight is 429 g/mol. The molecule has 0 bridgehead atoms. The highest BCUT2D eigenvalue weighted by atomic mass is 16.7. The Labute approximate surface area is 175 Å². The second-order valence-electron chi connectivity index (χ2n) is 7.63. The van der Waals surface area contributed by atoms with Crippen LogP contribution in [-0.4, -0.2) is 67.2 Å². The summed E-state index contributed by atoms with van der Waals surface area (Å²) in [7, 11) is 0. The lowest BCUT2D eigenvalue weighted by molar-refractivity contribution is -0.272. The first-order chi connectivity index (χ1) is 14.2. The van der Waals surface area contributed by atoms with Gasteiger partial charge in [-0.1, -0.05) is 19.3 Å². The number of hydrogen-bond donors (Lipinski definition) is 1. The van der Waals surface area contributed by atoms with Crippen LogP contribution in [0.5, 0.6) is 0 Å². The molecule has 1 saturated carbocycles. The molecule has 2 rings (SSSR count). The highest BCUT2D eigenvalue weighted by Crippen LogP contribution is 2.29. The van der Waals surface area contributed by atoms with Crippen LogP contribution in [0, 0.1) is 0 Å². The summed E-state index contributed by atoms with van der Waals surface area (Å²) in [6.45, 7) is 4.65. The molecule has 0 radical (unpaired) electrons. The number of carbonyl (C=O) groups is 4. The van der Waals surface area contributed by atoms with Gasteiger partial charge in [-0.25, -0.2) is 0 Å². The predicted molar refractivity (Wildman–Crippen MR) is 102 cm³/mol. The topological polar surface area (TPSA) is 126 Å². The van der Waals surface area contributed by atoms with Crippen LogP contribution in [0.2, 0.25) is 0 Å². The van der Waals surface area contributed by atoms with E-state index in [1.807, 2.05) is 0 Å². The molecule has 1 N–H and O–H groups in total. The normalized spacial score (nSPS) is 29.5. The molecular weight excluding hydrogens is 398 g/mol. The number of esters is 4. The monoisotopic (exact) mass is 429 g/mol. The van der Waals surface area contributed by atoms with E-state index in [0.29, 0.717) is 0 Å². The van der Waals surface area contributed by atoms with Crippen molar-refractivity contribution in [2.75, 3.05) is 6.61 Å². The standard InChI is InChI=1S/C20H31NO9/c1-11(22)26-10-16-18(27-12(2)23)19(28-13(3)24)17(20(30-16)29-14(4)25)21-15-8-6-5-7-9-15/h15-21H,5-10H2,1-4H3/t16-,17-,18-,19-,20?/m1/s1. The van der Waals surface area contributed by atoms with E-state index in [1.54, 1.807) is 0 Å². The lowest BCUT2D eigenvalue weighted by atomic mass is 9.91. The van der Waals surface area contributed by atoms with Crippen molar-refractivity contribution in [2.45, 2.75) is 96.5 Å². The first kappa shape index (κ1) is 24.1. The van der Waals surface area contributed by atoms with Gasteiger partial charge in [0.15, 0.2) is 12.2 Å². The molecule has 5 atom stereocenters. The summed E-state index contributed by atoms with van der Waals surface area (Å²) in [4.78, 5) is 46.6. The third kappa shape index (κ3) is 7.24. The Morgan fingerprint density at radius 3 is 1.90 bits per heavy atom. The first-order valence-corrected chi connectivity index (χ1v) is 10.2. The molecule has 1 heterocycles. The van der Waals surface area contributed by atoms with Crippen molar-refractivity contribution in [3.63, 3.8) is 0 Å². The summed E-state index contributed by atoms with van der Waals surface area (Å²) in [5.41, 5.74) is 0. The molecule has 1 aliphatic heterocycles. The fourth-order valence-corrected chi connectivity index (χ4v) is 3.88. The minimum Gasteiger partial charge on any atom is -0.463 e. The summed E-state index contributed by atoms with van der Waals surface area (Å²) in [6, 6.07) is -0.662. The zero-order chi connectivity index (χ0) is 22.3. The number of carbonyl (C=O) groups excluding carboxylic acids is 4. The van der Waals surface area contributed by atoms with Gasteiger partial charge in [0, 0.05) is 33.7 Å². The van der Waals surface area contributed by atoms with Crippen LogP contribution in [0.3, 0.4) is 0 Å². The van der Waals surface area contributed by atoms with E-state index in [2.05, 4.69) is 5.32 Å². The van der Waals surface area contributed by atoms with E-state index >= 15 is 0 Å². The van der Waals surface area contributed by atoms with Gasteiger partial charge in [-0.15, -0.1) is 0 Å². The minimum absolute atomic E-state index is 0.103. The molecular formula is C20H31NO9. The molecule has 30 heavy (non-hydrogen) atoms. The second kappa shape index (κ2) is 11.3. The third-order valence-corrected chi connectivity index (χ3v) is 5.02. The Morgan fingerprint density at radius 1 is 0.800 bits per heavy atom. The number of nitrogens with one attached hydrogen (secondary N) is 1. The third-order valence-electron chi connectivity index (χ3n) is 5.02. The van der Waals surface area contributed by atoms with Gasteiger partial charge in [0.2, 0.25) is 6.29 Å². The predicted octanol–water partition coefficient (Wildman–Crippen LogP) is 0.992. The lowest BCUT2D eigenvalue weighted by Gasteiger charge is -2.46. The molecule has 0 aromatic carbocycles. The van der Waals surface area contributed by atoms with E-state index in [1.165, 1.54) is 27.7 Å². The fourth-order valence-electron chi connectivity index (χ4n) is 3.88. The van der Waals surface area contributed by atoms with Crippen molar-refractivity contribution < 1.29 is 42.9 Å². The Kier molecular flexibility index (Phi) is 9.04. The van der Waals surface area contributed by atoms with Gasteiger partial charge in [-0.05, 0) is 12.8 Å². The van der Waals surface area contributed by atoms with Crippen molar-refractivity contribution in [3.8, 4) is 0 Å². The van der Waals surface area contributed by atoms with Crippen molar-refractivity contribution in [1.29, 1.82) is 0 Å². The molecule has 10 nitrogen and oxygen atoms in total. The molecule has 0 spiro atoms. The fraction of sp³-hybridized carbons (Fsp3) is 0.800.